The fraction of sp³-hybridized carbons (Fsp3) is 0.375. The Morgan fingerprint density at radius 1 is 0.353 bits per heavy atom. The van der Waals surface area contributed by atoms with Crippen molar-refractivity contribution in [3.63, 3.8) is 0 Å². The van der Waals surface area contributed by atoms with E-state index in [9.17, 15) is 0 Å². The van der Waals surface area contributed by atoms with E-state index in [0.29, 0.717) is 33.9 Å². The van der Waals surface area contributed by atoms with E-state index < -0.39 is 0 Å². The van der Waals surface area contributed by atoms with Crippen molar-refractivity contribution in [3.8, 4) is 52.8 Å². The molecule has 4 rings (SSSR count). The Bertz CT molecular complexity index is 1620. The molecule has 264 valence electrons. The van der Waals surface area contributed by atoms with Crippen LogP contribution in [0.3, 0.4) is 0 Å². The van der Waals surface area contributed by atoms with Crippen molar-refractivity contribution in [3.05, 3.63) is 123 Å². The average Bonchev–Trinajstić information content (AvgIpc) is 3.16. The van der Waals surface area contributed by atoms with Crippen LogP contribution < -0.4 is 14.2 Å². The highest BCUT2D eigenvalue weighted by molar-refractivity contribution is 5.76. The zero-order chi connectivity index (χ0) is 36.3. The van der Waals surface area contributed by atoms with Crippen LogP contribution in [0.5, 0.6) is 17.2 Å². The van der Waals surface area contributed by atoms with Gasteiger partial charge in [-0.05, 0) is 91.6 Å². The highest BCUT2D eigenvalue weighted by atomic mass is 16.5. The van der Waals surface area contributed by atoms with Gasteiger partial charge in [-0.1, -0.05) is 131 Å². The van der Waals surface area contributed by atoms with E-state index in [2.05, 4.69) is 129 Å². The summed E-state index contributed by atoms with van der Waals surface area (Å²) >= 11 is 0. The summed E-state index contributed by atoms with van der Waals surface area (Å²) in [5.74, 6) is 21.7. The van der Waals surface area contributed by atoms with Crippen LogP contribution in [0.1, 0.15) is 129 Å². The number of unbranched alkanes of at least 4 members (excludes halogenated alkanes) is 6. The van der Waals surface area contributed by atoms with Crippen molar-refractivity contribution in [2.45, 2.75) is 97.8 Å². The highest BCUT2D eigenvalue weighted by Gasteiger charge is 2.24. The van der Waals surface area contributed by atoms with Gasteiger partial charge in [0, 0.05) is 16.7 Å². The largest absolute Gasteiger partial charge is 0.494 e. The molecule has 0 aliphatic heterocycles. The van der Waals surface area contributed by atoms with Crippen LogP contribution in [0.15, 0.2) is 72.8 Å². The molecule has 4 aromatic rings. The molecule has 0 heterocycles. The lowest BCUT2D eigenvalue weighted by molar-refractivity contribution is 0.370. The normalized spacial score (nSPS) is 10.2. The van der Waals surface area contributed by atoms with E-state index in [-0.39, 0.29) is 0 Å². The number of hydrogen-bond donors (Lipinski definition) is 0. The molecule has 0 saturated carbocycles. The molecule has 4 aromatic carbocycles. The lowest BCUT2D eigenvalue weighted by atomic mass is 9.98. The minimum absolute atomic E-state index is 0.498. The van der Waals surface area contributed by atoms with Crippen LogP contribution in [-0.2, 0) is 19.3 Å². The molecule has 0 radical (unpaired) electrons. The molecule has 3 heteroatoms. The van der Waals surface area contributed by atoms with Crippen molar-refractivity contribution in [2.24, 2.45) is 0 Å². The zero-order valence-corrected chi connectivity index (χ0v) is 31.6. The topological polar surface area (TPSA) is 27.7 Å². The molecule has 3 nitrogen and oxygen atoms in total. The Kier molecular flexibility index (Phi) is 16.1. The van der Waals surface area contributed by atoms with E-state index in [1.54, 1.807) is 21.3 Å². The number of benzene rings is 4. The van der Waals surface area contributed by atoms with Gasteiger partial charge in [0.1, 0.15) is 16.7 Å². The standard InChI is InChI=1S/C48H54O3/c1-7-10-13-16-37-19-25-40(26-20-37)31-34-43-46(49-4)44(35-32-41-27-21-38(22-28-41)17-14-11-8-2)48(51-6)45(47(43)50-5)36-33-42-29-23-39(24-30-42)18-15-12-9-3/h19-30H,7-18H2,1-6H3. The van der Waals surface area contributed by atoms with Gasteiger partial charge in [-0.2, -0.15) is 0 Å². The Hall–Kier alpha value is -5.04. The summed E-state index contributed by atoms with van der Waals surface area (Å²) in [5.41, 5.74) is 8.45. The van der Waals surface area contributed by atoms with Gasteiger partial charge in [0.15, 0.2) is 17.2 Å². The summed E-state index contributed by atoms with van der Waals surface area (Å²) in [4.78, 5) is 0. The lowest BCUT2D eigenvalue weighted by Gasteiger charge is -2.17. The summed E-state index contributed by atoms with van der Waals surface area (Å²) in [5, 5.41) is 0. The molecule has 0 unspecified atom stereocenters. The molecule has 0 saturated heterocycles. The van der Waals surface area contributed by atoms with Gasteiger partial charge in [0.05, 0.1) is 21.3 Å². The number of hydrogen-bond acceptors (Lipinski definition) is 3. The maximum Gasteiger partial charge on any atom is 0.157 e. The van der Waals surface area contributed by atoms with E-state index in [1.807, 2.05) is 0 Å². The fourth-order valence-corrected chi connectivity index (χ4v) is 6.04. The van der Waals surface area contributed by atoms with Gasteiger partial charge in [-0.25, -0.2) is 0 Å². The monoisotopic (exact) mass is 678 g/mol. The van der Waals surface area contributed by atoms with Crippen LogP contribution in [0, 0.1) is 35.5 Å². The van der Waals surface area contributed by atoms with Crippen molar-refractivity contribution in [1.82, 2.24) is 0 Å². The molecule has 0 aromatic heterocycles. The van der Waals surface area contributed by atoms with Gasteiger partial charge in [-0.15, -0.1) is 0 Å². The Morgan fingerprint density at radius 2 is 0.608 bits per heavy atom. The third-order valence-corrected chi connectivity index (χ3v) is 9.04. The third-order valence-electron chi connectivity index (χ3n) is 9.04. The van der Waals surface area contributed by atoms with Crippen LogP contribution in [-0.4, -0.2) is 21.3 Å². The first-order valence-corrected chi connectivity index (χ1v) is 18.7. The first-order valence-electron chi connectivity index (χ1n) is 18.7. The molecule has 0 fully saturated rings. The summed E-state index contributed by atoms with van der Waals surface area (Å²) in [6, 6.07) is 25.5. The van der Waals surface area contributed by atoms with Crippen molar-refractivity contribution in [2.75, 3.05) is 21.3 Å². The second kappa shape index (κ2) is 21.2. The smallest absolute Gasteiger partial charge is 0.157 e. The second-order valence-electron chi connectivity index (χ2n) is 12.9. The molecule has 0 bridgehead atoms. The van der Waals surface area contributed by atoms with E-state index in [4.69, 9.17) is 14.2 Å². The van der Waals surface area contributed by atoms with Crippen molar-refractivity contribution < 1.29 is 14.2 Å². The molecular weight excluding hydrogens is 625 g/mol. The number of rotatable bonds is 15. The van der Waals surface area contributed by atoms with Crippen LogP contribution >= 0.6 is 0 Å². The molecule has 0 aliphatic rings. The lowest BCUT2D eigenvalue weighted by Crippen LogP contribution is -2.04. The summed E-state index contributed by atoms with van der Waals surface area (Å²) in [6.45, 7) is 6.69. The molecule has 0 aliphatic carbocycles. The fourth-order valence-electron chi connectivity index (χ4n) is 6.04. The quantitative estimate of drug-likeness (QED) is 0.0925. The maximum atomic E-state index is 6.04. The van der Waals surface area contributed by atoms with E-state index >= 15 is 0 Å². The van der Waals surface area contributed by atoms with Crippen molar-refractivity contribution in [1.29, 1.82) is 0 Å². The summed E-state index contributed by atoms with van der Waals surface area (Å²) < 4.78 is 18.1. The van der Waals surface area contributed by atoms with Crippen LogP contribution in [0.4, 0.5) is 0 Å². The first-order chi connectivity index (χ1) is 25.0. The first kappa shape index (κ1) is 38.8. The molecule has 0 N–H and O–H groups in total. The molecular formula is C48H54O3. The van der Waals surface area contributed by atoms with Gasteiger partial charge in [0.25, 0.3) is 0 Å². The highest BCUT2D eigenvalue weighted by Crippen LogP contribution is 2.42. The van der Waals surface area contributed by atoms with E-state index in [0.717, 1.165) is 36.0 Å². The maximum absolute atomic E-state index is 6.04. The predicted octanol–water partition coefficient (Wildman–Crippen LogP) is 11.1. The Balaban J connectivity index is 1.81. The molecule has 0 spiro atoms. The third kappa shape index (κ3) is 11.5. The molecule has 51 heavy (non-hydrogen) atoms. The van der Waals surface area contributed by atoms with Gasteiger partial charge >= 0.3 is 0 Å². The van der Waals surface area contributed by atoms with Crippen molar-refractivity contribution >= 4 is 0 Å². The number of ether oxygens (including phenoxy) is 3. The molecule has 0 atom stereocenters. The summed E-state index contributed by atoms with van der Waals surface area (Å²) in [6.07, 6.45) is 14.2. The second-order valence-corrected chi connectivity index (χ2v) is 12.9. The molecule has 0 amide bonds. The van der Waals surface area contributed by atoms with Gasteiger partial charge < -0.3 is 14.2 Å². The van der Waals surface area contributed by atoms with Gasteiger partial charge in [0.2, 0.25) is 0 Å². The van der Waals surface area contributed by atoms with Crippen LogP contribution in [0.2, 0.25) is 0 Å². The van der Waals surface area contributed by atoms with Gasteiger partial charge in [-0.3, -0.25) is 0 Å². The minimum atomic E-state index is 0.498. The van der Waals surface area contributed by atoms with Crippen LogP contribution in [0.25, 0.3) is 0 Å². The number of aryl methyl sites for hydroxylation is 3. The minimum Gasteiger partial charge on any atom is -0.494 e. The number of methoxy groups -OCH3 is 3. The Labute approximate surface area is 308 Å². The Morgan fingerprint density at radius 3 is 0.824 bits per heavy atom. The zero-order valence-electron chi connectivity index (χ0n) is 31.6. The SMILES string of the molecule is CCCCCc1ccc(C#Cc2c(OC)c(C#Cc3ccc(CCCCC)cc3)c(OC)c(C#Cc3ccc(CCCCC)cc3)c2OC)cc1. The van der Waals surface area contributed by atoms with E-state index in [1.165, 1.54) is 74.5 Å². The predicted molar refractivity (Wildman–Crippen MR) is 213 cm³/mol. The summed E-state index contributed by atoms with van der Waals surface area (Å²) in [7, 11) is 4.90. The average molecular weight is 679 g/mol.